The van der Waals surface area contributed by atoms with Crippen molar-refractivity contribution < 1.29 is 24.2 Å². The third kappa shape index (κ3) is 3.53. The van der Waals surface area contributed by atoms with Crippen molar-refractivity contribution in [2.24, 2.45) is 0 Å². The Morgan fingerprint density at radius 2 is 1.71 bits per heavy atom. The van der Waals surface area contributed by atoms with E-state index in [0.29, 0.717) is 11.3 Å². The van der Waals surface area contributed by atoms with Gasteiger partial charge in [-0.2, -0.15) is 0 Å². The van der Waals surface area contributed by atoms with Crippen LogP contribution in [-0.4, -0.2) is 49.9 Å². The summed E-state index contributed by atoms with van der Waals surface area (Å²) < 4.78 is 4.71. The van der Waals surface area contributed by atoms with Crippen molar-refractivity contribution in [1.82, 2.24) is 4.90 Å². The third-order valence-electron chi connectivity index (χ3n) is 5.88. The highest BCUT2D eigenvalue weighted by molar-refractivity contribution is 8.02. The van der Waals surface area contributed by atoms with E-state index in [1.54, 1.807) is 24.3 Å². The quantitative estimate of drug-likeness (QED) is 0.529. The first kappa shape index (κ1) is 21.2. The molecule has 2 aromatic carbocycles. The molecule has 0 radical (unpaired) electrons. The Hall–Kier alpha value is -3.06. The van der Waals surface area contributed by atoms with Crippen molar-refractivity contribution in [2.75, 3.05) is 6.61 Å². The second-order valence-corrected chi connectivity index (χ2v) is 9.85. The van der Waals surface area contributed by atoms with E-state index in [1.807, 2.05) is 50.2 Å². The maximum absolute atomic E-state index is 13.0. The van der Waals surface area contributed by atoms with Crippen LogP contribution in [0, 0.1) is 0 Å². The number of para-hydroxylation sites is 1. The number of thioether (sulfide) groups is 1. The zero-order valence-corrected chi connectivity index (χ0v) is 18.1. The molecule has 160 valence electrons. The number of fused-ring (bicyclic) bond motifs is 1. The molecule has 0 bridgehead atoms. The number of hydrogen-bond acceptors (Lipinski definition) is 5. The van der Waals surface area contributed by atoms with Crippen LogP contribution in [0.4, 0.5) is 0 Å². The van der Waals surface area contributed by atoms with Crippen molar-refractivity contribution in [2.45, 2.75) is 35.9 Å². The highest BCUT2D eigenvalue weighted by Gasteiger charge is 2.70. The van der Waals surface area contributed by atoms with Gasteiger partial charge in [-0.1, -0.05) is 48.5 Å². The molecule has 2 aromatic rings. The number of ether oxygens (including phenoxy) is 1. The van der Waals surface area contributed by atoms with Crippen LogP contribution < -0.4 is 4.74 Å². The number of hydrogen-bond donors (Lipinski definition) is 1. The Bertz CT molecular complexity index is 1050. The van der Waals surface area contributed by atoms with Crippen molar-refractivity contribution in [1.29, 1.82) is 0 Å². The van der Waals surface area contributed by atoms with E-state index in [0.717, 1.165) is 5.56 Å². The first-order valence-electron chi connectivity index (χ1n) is 9.97. The minimum atomic E-state index is -1.40. The molecule has 0 aliphatic carbocycles. The maximum Gasteiger partial charge on any atom is 0.331 e. The van der Waals surface area contributed by atoms with Gasteiger partial charge in [-0.05, 0) is 37.6 Å². The second-order valence-electron chi connectivity index (χ2n) is 8.15. The molecule has 2 aliphatic heterocycles. The topological polar surface area (TPSA) is 83.9 Å². The number of carboxylic acid groups (broad SMARTS) is 1. The molecule has 7 heteroatoms. The summed E-state index contributed by atoms with van der Waals surface area (Å²) in [6, 6.07) is 18.3. The molecular weight excluding hydrogens is 414 g/mol. The largest absolute Gasteiger partial charge is 0.485 e. The Morgan fingerprint density at radius 3 is 2.32 bits per heavy atom. The van der Waals surface area contributed by atoms with Gasteiger partial charge < -0.3 is 14.7 Å². The normalized spacial score (nSPS) is 25.1. The van der Waals surface area contributed by atoms with E-state index in [1.165, 1.54) is 22.7 Å². The molecule has 0 aromatic heterocycles. The summed E-state index contributed by atoms with van der Waals surface area (Å²) in [6.45, 7) is 3.51. The number of aliphatic carboxylic acids is 1. The highest BCUT2D eigenvalue weighted by Crippen LogP contribution is 2.59. The van der Waals surface area contributed by atoms with Crippen LogP contribution in [0.2, 0.25) is 0 Å². The van der Waals surface area contributed by atoms with Gasteiger partial charge in [-0.25, -0.2) is 4.79 Å². The van der Waals surface area contributed by atoms with E-state index >= 15 is 0 Å². The van der Waals surface area contributed by atoms with Crippen LogP contribution in [0.25, 0.3) is 0 Å². The Balaban J connectivity index is 1.57. The summed E-state index contributed by atoms with van der Waals surface area (Å²) in [6.07, 6.45) is 1.50. The zero-order valence-electron chi connectivity index (χ0n) is 17.3. The Morgan fingerprint density at radius 1 is 1.10 bits per heavy atom. The second kappa shape index (κ2) is 7.89. The van der Waals surface area contributed by atoms with Crippen molar-refractivity contribution in [3.8, 4) is 5.75 Å². The average Bonchev–Trinajstić information content (AvgIpc) is 2.97. The molecule has 2 aliphatic rings. The third-order valence-corrected chi connectivity index (χ3v) is 7.49. The minimum absolute atomic E-state index is 0.185. The van der Waals surface area contributed by atoms with Gasteiger partial charge >= 0.3 is 5.97 Å². The predicted molar refractivity (Wildman–Crippen MR) is 118 cm³/mol. The maximum atomic E-state index is 13.0. The van der Waals surface area contributed by atoms with Gasteiger partial charge in [0.2, 0.25) is 0 Å². The van der Waals surface area contributed by atoms with Gasteiger partial charge in [0.15, 0.2) is 17.9 Å². The molecule has 2 atom stereocenters. The molecule has 4 rings (SSSR count). The van der Waals surface area contributed by atoms with Crippen molar-refractivity contribution in [3.63, 3.8) is 0 Å². The van der Waals surface area contributed by atoms with Crippen molar-refractivity contribution in [3.05, 3.63) is 77.9 Å². The number of amides is 1. The van der Waals surface area contributed by atoms with Gasteiger partial charge in [0.05, 0.1) is 5.57 Å². The van der Waals surface area contributed by atoms with Gasteiger partial charge in [0.25, 0.3) is 5.91 Å². The summed E-state index contributed by atoms with van der Waals surface area (Å²) in [5.41, 5.74) is -0.227. The van der Waals surface area contributed by atoms with Gasteiger partial charge in [-0.3, -0.25) is 9.59 Å². The summed E-state index contributed by atoms with van der Waals surface area (Å²) in [4.78, 5) is 39.4. The lowest BCUT2D eigenvalue weighted by molar-refractivity contribution is -0.163. The summed E-state index contributed by atoms with van der Waals surface area (Å²) in [5, 5.41) is 9.80. The number of carboxylic acids is 1. The Kier molecular flexibility index (Phi) is 5.39. The smallest absolute Gasteiger partial charge is 0.331 e. The molecule has 0 unspecified atom stereocenters. The molecule has 6 nitrogen and oxygen atoms in total. The van der Waals surface area contributed by atoms with Crippen molar-refractivity contribution >= 4 is 29.4 Å². The molecular formula is C24H23NO5S. The lowest BCUT2D eigenvalue weighted by Crippen LogP contribution is -2.69. The monoisotopic (exact) mass is 437 g/mol. The molecule has 2 saturated heterocycles. The number of benzene rings is 2. The number of carbonyl (C=O) groups is 3. The van der Waals surface area contributed by atoms with Gasteiger partial charge in [-0.15, -0.1) is 11.8 Å². The lowest BCUT2D eigenvalue weighted by atomic mass is 9.76. The fourth-order valence-electron chi connectivity index (χ4n) is 4.23. The molecule has 0 spiro atoms. The summed E-state index contributed by atoms with van der Waals surface area (Å²) in [5.74, 6) is -1.21. The summed E-state index contributed by atoms with van der Waals surface area (Å²) >= 11 is 1.40. The molecule has 31 heavy (non-hydrogen) atoms. The summed E-state index contributed by atoms with van der Waals surface area (Å²) in [7, 11) is 0. The standard InChI is InChI=1S/C24H23NO5S/c1-23(2)24(22(28)29,14-16-9-5-3-6-10-16)25-20(27)19(21(25)31-23)13-17(26)15-30-18-11-7-4-8-12-18/h3-13,21H,14-15H2,1-2H3,(H,28,29)/b19-13+/t21-,24+/m1/s1. The SMILES string of the molecule is CC1(C)S[C@@H]2/C(=C/C(=O)COc3ccccc3)C(=O)N2[C@@]1(Cc1ccccc1)C(=O)O. The first-order valence-corrected chi connectivity index (χ1v) is 10.9. The lowest BCUT2D eigenvalue weighted by Gasteiger charge is -2.47. The molecule has 1 N–H and O–H groups in total. The van der Waals surface area contributed by atoms with Gasteiger partial charge in [0, 0.05) is 11.2 Å². The highest BCUT2D eigenvalue weighted by atomic mass is 32.2. The number of rotatable bonds is 7. The van der Waals surface area contributed by atoms with Gasteiger partial charge in [0.1, 0.15) is 11.1 Å². The molecule has 0 saturated carbocycles. The van der Waals surface area contributed by atoms with Crippen LogP contribution in [0.5, 0.6) is 5.75 Å². The zero-order chi connectivity index (χ0) is 22.2. The Labute approximate surface area is 184 Å². The van der Waals surface area contributed by atoms with Crippen LogP contribution in [0.15, 0.2) is 72.3 Å². The number of β-lactam (4-membered cyclic amide) rings is 1. The molecule has 2 fully saturated rings. The molecule has 1 amide bonds. The fourth-order valence-corrected chi connectivity index (χ4v) is 5.91. The van der Waals surface area contributed by atoms with E-state index in [9.17, 15) is 19.5 Å². The average molecular weight is 438 g/mol. The number of ketones is 1. The van der Waals surface area contributed by atoms with Crippen LogP contribution in [-0.2, 0) is 20.8 Å². The van der Waals surface area contributed by atoms with Crippen LogP contribution >= 0.6 is 11.8 Å². The van der Waals surface area contributed by atoms with E-state index in [4.69, 9.17) is 4.74 Å². The fraction of sp³-hybridized carbons (Fsp3) is 0.292. The first-order chi connectivity index (χ1) is 14.8. The van der Waals surface area contributed by atoms with E-state index < -0.39 is 27.5 Å². The predicted octanol–water partition coefficient (Wildman–Crippen LogP) is 3.32. The van der Waals surface area contributed by atoms with E-state index in [-0.39, 0.29) is 18.8 Å². The number of nitrogens with zero attached hydrogens (tertiary/aromatic N) is 1. The van der Waals surface area contributed by atoms with Crippen LogP contribution in [0.1, 0.15) is 19.4 Å². The minimum Gasteiger partial charge on any atom is -0.485 e. The van der Waals surface area contributed by atoms with E-state index in [2.05, 4.69) is 0 Å². The van der Waals surface area contributed by atoms with Crippen LogP contribution in [0.3, 0.4) is 0 Å². The molecule has 2 heterocycles. The number of carbonyl (C=O) groups excluding carboxylic acids is 2.